The van der Waals surface area contributed by atoms with E-state index in [1.165, 1.54) is 16.9 Å². The Kier molecular flexibility index (Phi) is 4.72. The number of hydrogen-bond donors (Lipinski definition) is 2. The van der Waals surface area contributed by atoms with E-state index >= 15 is 0 Å². The molecule has 1 aromatic carbocycles. The highest BCUT2D eigenvalue weighted by atomic mass is 32.2. The predicted molar refractivity (Wildman–Crippen MR) is 97.4 cm³/mol. The Labute approximate surface area is 148 Å². The van der Waals surface area contributed by atoms with Crippen LogP contribution in [0.2, 0.25) is 0 Å². The monoisotopic (exact) mass is 346 g/mol. The highest BCUT2D eigenvalue weighted by Gasteiger charge is 2.40. The summed E-state index contributed by atoms with van der Waals surface area (Å²) in [6.45, 7) is 0.762. The van der Waals surface area contributed by atoms with E-state index < -0.39 is 0 Å². The Morgan fingerprint density at radius 1 is 1.25 bits per heavy atom. The van der Waals surface area contributed by atoms with Crippen molar-refractivity contribution in [2.45, 2.75) is 56.2 Å². The molecule has 4 nitrogen and oxygen atoms in total. The average molecular weight is 346 g/mol. The standard InChI is InChI=1S/C19H26N2O2S/c22-18(20-15-8-10-23-19(12-15)9-11-24-13-19)21-17-7-3-5-14-4-1-2-6-16(14)17/h1-2,4,6,15,17H,3,5,7-13H2,(H2,20,21,22)/t15-,17-,19+/m1/s1. The zero-order chi connectivity index (χ0) is 16.4. The molecule has 3 aliphatic rings. The van der Waals surface area contributed by atoms with Crippen molar-refractivity contribution >= 4 is 17.8 Å². The lowest BCUT2D eigenvalue weighted by Crippen LogP contribution is -2.51. The van der Waals surface area contributed by atoms with Gasteiger partial charge in [0, 0.05) is 18.4 Å². The molecule has 0 saturated carbocycles. The van der Waals surface area contributed by atoms with Crippen molar-refractivity contribution in [2.24, 2.45) is 0 Å². The molecule has 0 bridgehead atoms. The molecule has 1 aliphatic carbocycles. The maximum absolute atomic E-state index is 12.5. The normalized spacial score (nSPS) is 32.3. The summed E-state index contributed by atoms with van der Waals surface area (Å²) in [5, 5.41) is 6.41. The first-order chi connectivity index (χ1) is 11.7. The average Bonchev–Trinajstić information content (AvgIpc) is 3.03. The fourth-order valence-corrected chi connectivity index (χ4v) is 5.68. The van der Waals surface area contributed by atoms with E-state index in [9.17, 15) is 4.79 Å². The van der Waals surface area contributed by atoms with Crippen LogP contribution in [0.5, 0.6) is 0 Å². The molecular weight excluding hydrogens is 320 g/mol. The molecule has 24 heavy (non-hydrogen) atoms. The Bertz CT molecular complexity index is 601. The van der Waals surface area contributed by atoms with Crippen molar-refractivity contribution in [2.75, 3.05) is 18.1 Å². The maximum atomic E-state index is 12.5. The van der Waals surface area contributed by atoms with E-state index in [-0.39, 0.29) is 23.7 Å². The van der Waals surface area contributed by atoms with Crippen molar-refractivity contribution in [3.8, 4) is 0 Å². The number of urea groups is 1. The summed E-state index contributed by atoms with van der Waals surface area (Å²) in [5.41, 5.74) is 2.68. The zero-order valence-electron chi connectivity index (χ0n) is 14.1. The van der Waals surface area contributed by atoms with Gasteiger partial charge >= 0.3 is 6.03 Å². The fourth-order valence-electron chi connectivity index (χ4n) is 4.30. The van der Waals surface area contributed by atoms with Gasteiger partial charge in [0.25, 0.3) is 0 Å². The molecule has 3 atom stereocenters. The molecule has 5 heteroatoms. The summed E-state index contributed by atoms with van der Waals surface area (Å²) in [4.78, 5) is 12.5. The maximum Gasteiger partial charge on any atom is 0.315 e. The predicted octanol–water partition coefficient (Wildman–Crippen LogP) is 3.42. The smallest absolute Gasteiger partial charge is 0.315 e. The Hall–Kier alpha value is -1.20. The lowest BCUT2D eigenvalue weighted by Gasteiger charge is -2.38. The number of fused-ring (bicyclic) bond motifs is 1. The number of aryl methyl sites for hydroxylation is 1. The summed E-state index contributed by atoms with van der Waals surface area (Å²) >= 11 is 1.97. The number of amides is 2. The van der Waals surface area contributed by atoms with Gasteiger partial charge in [-0.3, -0.25) is 0 Å². The van der Waals surface area contributed by atoms with Crippen LogP contribution in [0.4, 0.5) is 4.79 Å². The van der Waals surface area contributed by atoms with Crippen LogP contribution in [-0.2, 0) is 11.2 Å². The molecule has 130 valence electrons. The van der Waals surface area contributed by atoms with Crippen LogP contribution in [0.25, 0.3) is 0 Å². The van der Waals surface area contributed by atoms with Gasteiger partial charge in [0.05, 0.1) is 11.6 Å². The van der Waals surface area contributed by atoms with Crippen LogP contribution in [0.15, 0.2) is 24.3 Å². The van der Waals surface area contributed by atoms with E-state index in [1.54, 1.807) is 0 Å². The number of hydrogen-bond acceptors (Lipinski definition) is 3. The summed E-state index contributed by atoms with van der Waals surface area (Å²) in [7, 11) is 0. The summed E-state index contributed by atoms with van der Waals surface area (Å²) in [5.74, 6) is 2.25. The van der Waals surface area contributed by atoms with Gasteiger partial charge in [-0.1, -0.05) is 24.3 Å². The van der Waals surface area contributed by atoms with Gasteiger partial charge in [0.1, 0.15) is 0 Å². The van der Waals surface area contributed by atoms with E-state index in [0.29, 0.717) is 0 Å². The fraction of sp³-hybridized carbons (Fsp3) is 0.632. The van der Waals surface area contributed by atoms with Gasteiger partial charge < -0.3 is 15.4 Å². The van der Waals surface area contributed by atoms with Crippen LogP contribution in [-0.4, -0.2) is 35.8 Å². The van der Waals surface area contributed by atoms with Crippen LogP contribution < -0.4 is 10.6 Å². The van der Waals surface area contributed by atoms with Gasteiger partial charge in [0.15, 0.2) is 0 Å². The van der Waals surface area contributed by atoms with E-state index in [1.807, 2.05) is 11.8 Å². The number of rotatable bonds is 2. The molecule has 2 saturated heterocycles. The van der Waals surface area contributed by atoms with Crippen LogP contribution in [0.1, 0.15) is 49.3 Å². The Morgan fingerprint density at radius 2 is 2.17 bits per heavy atom. The summed E-state index contributed by atoms with van der Waals surface area (Å²) < 4.78 is 6.04. The Morgan fingerprint density at radius 3 is 3.04 bits per heavy atom. The Balaban J connectivity index is 1.36. The largest absolute Gasteiger partial charge is 0.374 e. The molecule has 2 N–H and O–H groups in total. The minimum atomic E-state index is -0.0237. The van der Waals surface area contributed by atoms with Crippen molar-refractivity contribution in [1.82, 2.24) is 10.6 Å². The van der Waals surface area contributed by atoms with Crippen molar-refractivity contribution in [3.63, 3.8) is 0 Å². The summed E-state index contributed by atoms with van der Waals surface area (Å²) in [6, 6.07) is 8.84. The molecule has 2 fully saturated rings. The van der Waals surface area contributed by atoms with E-state index in [4.69, 9.17) is 4.74 Å². The van der Waals surface area contributed by atoms with Crippen LogP contribution in [0.3, 0.4) is 0 Å². The number of carbonyl (C=O) groups excluding carboxylic acids is 1. The molecule has 2 heterocycles. The van der Waals surface area contributed by atoms with Gasteiger partial charge in [-0.15, -0.1) is 0 Å². The molecule has 2 aliphatic heterocycles. The molecule has 4 rings (SSSR count). The summed E-state index contributed by atoms with van der Waals surface area (Å²) in [6.07, 6.45) is 6.28. The second-order valence-corrected chi connectivity index (χ2v) is 8.39. The SMILES string of the molecule is O=C(N[C@@H]1CCO[C@@]2(CCSC2)C1)N[C@@H]1CCCc2ccccc21. The molecule has 0 unspecified atom stereocenters. The third-order valence-corrected chi connectivity index (χ3v) is 6.79. The molecule has 0 radical (unpaired) electrons. The van der Waals surface area contributed by atoms with Crippen molar-refractivity contribution < 1.29 is 9.53 Å². The van der Waals surface area contributed by atoms with Gasteiger partial charge in [0.2, 0.25) is 0 Å². The van der Waals surface area contributed by atoms with Gasteiger partial charge in [-0.25, -0.2) is 4.79 Å². The highest BCUT2D eigenvalue weighted by molar-refractivity contribution is 7.99. The first-order valence-electron chi connectivity index (χ1n) is 9.11. The highest BCUT2D eigenvalue weighted by Crippen LogP contribution is 2.38. The molecule has 2 amide bonds. The number of carbonyl (C=O) groups is 1. The topological polar surface area (TPSA) is 50.4 Å². The lowest BCUT2D eigenvalue weighted by atomic mass is 9.88. The van der Waals surface area contributed by atoms with Crippen molar-refractivity contribution in [3.05, 3.63) is 35.4 Å². The molecular formula is C19H26N2O2S. The zero-order valence-corrected chi connectivity index (χ0v) is 14.9. The van der Waals surface area contributed by atoms with Crippen molar-refractivity contribution in [1.29, 1.82) is 0 Å². The molecule has 1 spiro atoms. The van der Waals surface area contributed by atoms with E-state index in [2.05, 4.69) is 34.9 Å². The second kappa shape index (κ2) is 6.96. The first-order valence-corrected chi connectivity index (χ1v) is 10.3. The lowest BCUT2D eigenvalue weighted by molar-refractivity contribution is -0.0684. The minimum absolute atomic E-state index is 0.0122. The number of thioether (sulfide) groups is 1. The third-order valence-electron chi connectivity index (χ3n) is 5.57. The third kappa shape index (κ3) is 3.42. The first kappa shape index (κ1) is 16.3. The number of benzene rings is 1. The molecule has 1 aromatic rings. The quantitative estimate of drug-likeness (QED) is 0.863. The molecule has 0 aromatic heterocycles. The number of nitrogens with one attached hydrogen (secondary N) is 2. The van der Waals surface area contributed by atoms with E-state index in [0.717, 1.165) is 50.9 Å². The van der Waals surface area contributed by atoms with Gasteiger partial charge in [-0.05, 0) is 55.4 Å². The second-order valence-electron chi connectivity index (χ2n) is 7.29. The van der Waals surface area contributed by atoms with Crippen LogP contribution in [0, 0.1) is 0 Å². The number of ether oxygens (including phenoxy) is 1. The minimum Gasteiger partial charge on any atom is -0.374 e. The van der Waals surface area contributed by atoms with Crippen LogP contribution >= 0.6 is 11.8 Å². The van der Waals surface area contributed by atoms with Gasteiger partial charge in [-0.2, -0.15) is 11.8 Å².